The van der Waals surface area contributed by atoms with Gasteiger partial charge in [-0.2, -0.15) is 0 Å². The predicted molar refractivity (Wildman–Crippen MR) is 23.0 cm³/mol. The van der Waals surface area contributed by atoms with E-state index in [0.29, 0.717) is 0 Å². The minimum absolute atomic E-state index is 1.00. The Bertz CT molecular complexity index is 54.4. The molecule has 1 aliphatic rings. The summed E-state index contributed by atoms with van der Waals surface area (Å²) >= 11 is 0. The molecule has 1 fully saturated rings. The van der Waals surface area contributed by atoms with E-state index in [1.54, 1.807) is 0 Å². The number of amides is 1. The highest BCUT2D eigenvalue weighted by atomic mass is 16.6. The Morgan fingerprint density at radius 2 is 1.86 bits per heavy atom. The van der Waals surface area contributed by atoms with Crippen LogP contribution in [-0.4, -0.2) is 24.4 Å². The summed E-state index contributed by atoms with van der Waals surface area (Å²) in [7, 11) is 0. The molecule has 0 spiro atoms. The van der Waals surface area contributed by atoms with Crippen molar-refractivity contribution in [1.29, 1.82) is 0 Å². The van der Waals surface area contributed by atoms with E-state index in [4.69, 9.17) is 9.90 Å². The van der Waals surface area contributed by atoms with E-state index < -0.39 is 6.09 Å². The van der Waals surface area contributed by atoms with Crippen molar-refractivity contribution in [3.63, 3.8) is 0 Å². The summed E-state index contributed by atoms with van der Waals surface area (Å²) in [4.78, 5) is 8.78. The van der Waals surface area contributed by atoms with E-state index >= 15 is 0 Å². The molecule has 0 bridgehead atoms. The fraction of sp³-hybridized carbons (Fsp3) is 0.667. The van der Waals surface area contributed by atoms with Gasteiger partial charge in [-0.15, -0.1) is 0 Å². The average molecular weight is 105 g/mol. The van der Waals surface area contributed by atoms with Crippen LogP contribution < -0.4 is 5.73 Å². The quantitative estimate of drug-likeness (QED) is 0.413. The molecule has 0 atom stereocenters. The van der Waals surface area contributed by atoms with Gasteiger partial charge in [-0.25, -0.2) is 4.79 Å². The number of primary amides is 1. The van der Waals surface area contributed by atoms with Crippen molar-refractivity contribution in [3.05, 3.63) is 0 Å². The number of hydrogen-bond acceptors (Lipinski definition) is 2. The zero-order valence-corrected chi connectivity index (χ0v) is 3.76. The Kier molecular flexibility index (Phi) is 3.04. The SMILES string of the molecule is C1CO1.NC(=O)O. The predicted octanol–water partition coefficient (Wildman–Crippen LogP) is -0.360. The first-order chi connectivity index (χ1) is 3.23. The maximum Gasteiger partial charge on any atom is 0.402 e. The number of epoxide rings is 1. The molecule has 1 saturated heterocycles. The summed E-state index contributed by atoms with van der Waals surface area (Å²) in [5.41, 5.74) is 4.03. The van der Waals surface area contributed by atoms with Gasteiger partial charge in [0.1, 0.15) is 0 Å². The van der Waals surface area contributed by atoms with Crippen molar-refractivity contribution in [3.8, 4) is 0 Å². The Labute approximate surface area is 40.9 Å². The maximum absolute atomic E-state index is 8.78. The molecule has 1 heterocycles. The third-order valence-electron chi connectivity index (χ3n) is 0.204. The Morgan fingerprint density at radius 1 is 1.71 bits per heavy atom. The van der Waals surface area contributed by atoms with E-state index in [2.05, 4.69) is 10.5 Å². The first-order valence-electron chi connectivity index (χ1n) is 1.79. The average Bonchev–Trinajstić information content (AvgIpc) is 2.02. The Balaban J connectivity index is 0.000000105. The van der Waals surface area contributed by atoms with E-state index in [-0.39, 0.29) is 0 Å². The Hall–Kier alpha value is -0.770. The summed E-state index contributed by atoms with van der Waals surface area (Å²) in [6, 6.07) is 0. The van der Waals surface area contributed by atoms with E-state index in [1.807, 2.05) is 0 Å². The first-order valence-corrected chi connectivity index (χ1v) is 1.79. The molecule has 4 nitrogen and oxygen atoms in total. The highest BCUT2D eigenvalue weighted by molar-refractivity contribution is 5.61. The van der Waals surface area contributed by atoms with Crippen LogP contribution in [0.15, 0.2) is 0 Å². The lowest BCUT2D eigenvalue weighted by molar-refractivity contribution is 0.205. The second-order valence-electron chi connectivity index (χ2n) is 0.951. The molecular formula is C3H7NO3. The fourth-order valence-electron chi connectivity index (χ4n) is 0. The van der Waals surface area contributed by atoms with Gasteiger partial charge in [0, 0.05) is 0 Å². The van der Waals surface area contributed by atoms with Crippen molar-refractivity contribution in [1.82, 2.24) is 0 Å². The van der Waals surface area contributed by atoms with Gasteiger partial charge in [0.2, 0.25) is 0 Å². The number of rotatable bonds is 0. The van der Waals surface area contributed by atoms with Crippen LogP contribution in [-0.2, 0) is 4.74 Å². The highest BCUT2D eigenvalue weighted by Gasteiger charge is 1.94. The standard InChI is InChI=1S/C2H4O.CH3NO2/c1-2-3-1;2-1(3)4/h1-2H2;2H2,(H,3,4). The van der Waals surface area contributed by atoms with Crippen LogP contribution in [0, 0.1) is 0 Å². The molecule has 1 rings (SSSR count). The third-order valence-corrected chi connectivity index (χ3v) is 0.204. The number of ether oxygens (including phenoxy) is 1. The van der Waals surface area contributed by atoms with Crippen molar-refractivity contribution in [2.75, 3.05) is 13.2 Å². The summed E-state index contributed by atoms with van der Waals surface area (Å²) in [6.45, 7) is 2.00. The smallest absolute Gasteiger partial charge is 0.402 e. The molecule has 0 unspecified atom stereocenters. The van der Waals surface area contributed by atoms with Gasteiger partial charge in [0.25, 0.3) is 0 Å². The van der Waals surface area contributed by atoms with E-state index in [0.717, 1.165) is 13.2 Å². The van der Waals surface area contributed by atoms with Crippen LogP contribution >= 0.6 is 0 Å². The van der Waals surface area contributed by atoms with Crippen LogP contribution in [0.3, 0.4) is 0 Å². The summed E-state index contributed by atoms with van der Waals surface area (Å²) < 4.78 is 4.50. The molecule has 0 aliphatic carbocycles. The molecule has 0 aromatic heterocycles. The molecule has 7 heavy (non-hydrogen) atoms. The summed E-state index contributed by atoms with van der Waals surface area (Å²) in [5.74, 6) is 0. The molecule has 42 valence electrons. The first kappa shape index (κ1) is 6.23. The van der Waals surface area contributed by atoms with Gasteiger partial charge in [-0.3, -0.25) is 0 Å². The second kappa shape index (κ2) is 3.42. The second-order valence-corrected chi connectivity index (χ2v) is 0.951. The van der Waals surface area contributed by atoms with Gasteiger partial charge in [0.15, 0.2) is 0 Å². The van der Waals surface area contributed by atoms with Crippen LogP contribution in [0.25, 0.3) is 0 Å². The van der Waals surface area contributed by atoms with Gasteiger partial charge in [-0.05, 0) is 0 Å². The van der Waals surface area contributed by atoms with Crippen molar-refractivity contribution < 1.29 is 14.6 Å². The number of nitrogens with two attached hydrogens (primary N) is 1. The highest BCUT2D eigenvalue weighted by Crippen LogP contribution is 1.84. The molecular weight excluding hydrogens is 98.0 g/mol. The molecule has 4 heteroatoms. The largest absolute Gasteiger partial charge is 0.465 e. The minimum Gasteiger partial charge on any atom is -0.465 e. The third kappa shape index (κ3) is 1030. The molecule has 1 aliphatic heterocycles. The molecule has 0 saturated carbocycles. The zero-order chi connectivity index (χ0) is 5.70. The fourth-order valence-corrected chi connectivity index (χ4v) is 0. The van der Waals surface area contributed by atoms with Crippen molar-refractivity contribution >= 4 is 6.09 Å². The number of carbonyl (C=O) groups is 1. The lowest BCUT2D eigenvalue weighted by Gasteiger charge is -1.61. The van der Waals surface area contributed by atoms with E-state index in [1.165, 1.54) is 0 Å². The topological polar surface area (TPSA) is 75.8 Å². The number of carboxylic acid groups (broad SMARTS) is 1. The normalized spacial score (nSPS) is 13.7. The molecule has 0 aromatic rings. The summed E-state index contributed by atoms with van der Waals surface area (Å²) in [5, 5.41) is 7.19. The van der Waals surface area contributed by atoms with Gasteiger partial charge in [-0.1, -0.05) is 0 Å². The molecule has 1 amide bonds. The van der Waals surface area contributed by atoms with Gasteiger partial charge < -0.3 is 15.6 Å². The van der Waals surface area contributed by atoms with Crippen molar-refractivity contribution in [2.45, 2.75) is 0 Å². The van der Waals surface area contributed by atoms with Crippen LogP contribution in [0.1, 0.15) is 0 Å². The number of hydrogen-bond donors (Lipinski definition) is 2. The van der Waals surface area contributed by atoms with Gasteiger partial charge in [0.05, 0.1) is 13.2 Å². The molecule has 3 N–H and O–H groups in total. The van der Waals surface area contributed by atoms with E-state index in [9.17, 15) is 0 Å². The zero-order valence-electron chi connectivity index (χ0n) is 3.76. The summed E-state index contributed by atoms with van der Waals surface area (Å²) in [6.07, 6.45) is -1.33. The Morgan fingerprint density at radius 3 is 1.86 bits per heavy atom. The lowest BCUT2D eigenvalue weighted by atomic mass is 11.0. The maximum atomic E-state index is 8.78. The monoisotopic (exact) mass is 105 g/mol. The molecule has 0 radical (unpaired) electrons. The van der Waals surface area contributed by atoms with Crippen LogP contribution in [0.2, 0.25) is 0 Å². The van der Waals surface area contributed by atoms with Crippen LogP contribution in [0.4, 0.5) is 4.79 Å². The van der Waals surface area contributed by atoms with Crippen LogP contribution in [0.5, 0.6) is 0 Å². The molecule has 0 aromatic carbocycles. The van der Waals surface area contributed by atoms with Gasteiger partial charge >= 0.3 is 6.09 Å². The minimum atomic E-state index is -1.33. The lowest BCUT2D eigenvalue weighted by Crippen LogP contribution is -2.03. The van der Waals surface area contributed by atoms with Crippen molar-refractivity contribution in [2.24, 2.45) is 5.73 Å².